The molecule has 0 aromatic carbocycles. The van der Waals surface area contributed by atoms with Gasteiger partial charge in [-0.2, -0.15) is 0 Å². The molecule has 1 N–H and O–H groups in total. The summed E-state index contributed by atoms with van der Waals surface area (Å²) in [7, 11) is -3.42. The summed E-state index contributed by atoms with van der Waals surface area (Å²) in [5.74, 6) is -1.26. The number of aliphatic carboxylic acids is 1. The monoisotopic (exact) mass is 322 g/mol. The number of carboxylic acid groups (broad SMARTS) is 1. The molecule has 1 aliphatic rings. The van der Waals surface area contributed by atoms with E-state index in [2.05, 4.69) is 15.9 Å². The number of hydrogen-bond donors (Lipinski definition) is 1. The molecule has 0 spiro atoms. The minimum atomic E-state index is -3.42. The van der Waals surface area contributed by atoms with Crippen molar-refractivity contribution in [2.75, 3.05) is 11.6 Å². The number of rotatable bonds is 3. The maximum absolute atomic E-state index is 11.6. The molecule has 0 amide bonds. The van der Waals surface area contributed by atoms with Crippen molar-refractivity contribution in [3.63, 3.8) is 0 Å². The summed E-state index contributed by atoms with van der Waals surface area (Å²) in [4.78, 5) is 11.6. The first-order valence-electron chi connectivity index (χ1n) is 5.07. The maximum Gasteiger partial charge on any atom is 0.314 e. The summed E-state index contributed by atoms with van der Waals surface area (Å²) in [6, 6.07) is 0. The highest BCUT2D eigenvalue weighted by Crippen LogP contribution is 2.43. The summed E-state index contributed by atoms with van der Waals surface area (Å²) in [6.07, 6.45) is 4.23. The van der Waals surface area contributed by atoms with Crippen molar-refractivity contribution in [1.29, 1.82) is 0 Å². The van der Waals surface area contributed by atoms with Crippen molar-refractivity contribution < 1.29 is 18.3 Å². The van der Waals surface area contributed by atoms with Gasteiger partial charge in [-0.1, -0.05) is 28.9 Å². The van der Waals surface area contributed by atoms with E-state index in [1.54, 1.807) is 19.9 Å². The largest absolute Gasteiger partial charge is 0.481 e. The highest BCUT2D eigenvalue weighted by molar-refractivity contribution is 9.09. The first-order valence-corrected chi connectivity index (χ1v) is 8.08. The van der Waals surface area contributed by atoms with E-state index in [1.807, 2.05) is 0 Å². The number of allylic oxidation sites excluding steroid dienone is 2. The van der Waals surface area contributed by atoms with Crippen molar-refractivity contribution in [1.82, 2.24) is 0 Å². The Hall–Kier alpha value is -0.620. The molecule has 96 valence electrons. The normalized spacial score (nSPS) is 29.5. The predicted molar refractivity (Wildman–Crippen MR) is 69.7 cm³/mol. The molecular formula is C11H15BrO4S. The zero-order valence-corrected chi connectivity index (χ0v) is 12.3. The van der Waals surface area contributed by atoms with Crippen LogP contribution in [0, 0.1) is 11.3 Å². The molecule has 2 atom stereocenters. The predicted octanol–water partition coefficient (Wildman–Crippen LogP) is 1.98. The summed E-state index contributed by atoms with van der Waals surface area (Å²) in [5, 5.41) is 9.60. The van der Waals surface area contributed by atoms with Crippen LogP contribution in [0.25, 0.3) is 0 Å². The van der Waals surface area contributed by atoms with E-state index in [9.17, 15) is 18.3 Å². The van der Waals surface area contributed by atoms with E-state index < -0.39 is 21.2 Å². The Morgan fingerprint density at radius 3 is 2.47 bits per heavy atom. The van der Waals surface area contributed by atoms with E-state index in [4.69, 9.17) is 0 Å². The molecule has 0 saturated heterocycles. The standard InChI is InChI=1S/C11H15BrO4S/c1-7-4-5-9(17(3,15)16)8(6-12)11(7,2)10(13)14/h4-5,7H,6H2,1-3H3,(H,13,14). The van der Waals surface area contributed by atoms with Crippen LogP contribution >= 0.6 is 15.9 Å². The SMILES string of the molecule is CC1C=CC(S(C)(=O)=O)=C(CBr)C1(C)C(=O)O. The second-order valence-electron chi connectivity index (χ2n) is 4.40. The number of carboxylic acids is 1. The number of alkyl halides is 1. The molecule has 0 saturated carbocycles. The fourth-order valence-electron chi connectivity index (χ4n) is 1.93. The number of carbonyl (C=O) groups is 1. The lowest BCUT2D eigenvalue weighted by Crippen LogP contribution is -2.39. The van der Waals surface area contributed by atoms with Crippen LogP contribution in [0.2, 0.25) is 0 Å². The van der Waals surface area contributed by atoms with Gasteiger partial charge in [0.15, 0.2) is 9.84 Å². The van der Waals surface area contributed by atoms with E-state index >= 15 is 0 Å². The summed E-state index contributed by atoms with van der Waals surface area (Å²) < 4.78 is 23.3. The molecule has 2 unspecified atom stereocenters. The van der Waals surface area contributed by atoms with E-state index in [-0.39, 0.29) is 16.2 Å². The smallest absolute Gasteiger partial charge is 0.314 e. The molecule has 0 aliphatic heterocycles. The lowest BCUT2D eigenvalue weighted by molar-refractivity contribution is -0.147. The Balaban J connectivity index is 3.58. The van der Waals surface area contributed by atoms with Crippen molar-refractivity contribution in [2.24, 2.45) is 11.3 Å². The number of sulfone groups is 1. The van der Waals surface area contributed by atoms with Crippen LogP contribution in [-0.2, 0) is 14.6 Å². The zero-order valence-electron chi connectivity index (χ0n) is 9.90. The molecular weight excluding hydrogens is 308 g/mol. The number of hydrogen-bond acceptors (Lipinski definition) is 3. The molecule has 4 nitrogen and oxygen atoms in total. The average molecular weight is 323 g/mol. The van der Waals surface area contributed by atoms with Crippen molar-refractivity contribution in [3.05, 3.63) is 22.6 Å². The van der Waals surface area contributed by atoms with Gasteiger partial charge in [0.2, 0.25) is 0 Å². The molecule has 0 fully saturated rings. The summed E-state index contributed by atoms with van der Waals surface area (Å²) >= 11 is 3.20. The molecule has 1 aliphatic carbocycles. The third-order valence-electron chi connectivity index (χ3n) is 3.35. The van der Waals surface area contributed by atoms with Crippen molar-refractivity contribution in [2.45, 2.75) is 13.8 Å². The average Bonchev–Trinajstić information content (AvgIpc) is 2.19. The van der Waals surface area contributed by atoms with Gasteiger partial charge >= 0.3 is 5.97 Å². The van der Waals surface area contributed by atoms with Crippen molar-refractivity contribution >= 4 is 31.7 Å². The van der Waals surface area contributed by atoms with Crippen LogP contribution in [-0.4, -0.2) is 31.1 Å². The van der Waals surface area contributed by atoms with E-state index in [0.717, 1.165) is 6.26 Å². The van der Waals surface area contributed by atoms with E-state index in [1.165, 1.54) is 6.08 Å². The Labute approximate surface area is 109 Å². The van der Waals surface area contributed by atoms with Gasteiger partial charge in [-0.05, 0) is 24.5 Å². The van der Waals surface area contributed by atoms with Gasteiger partial charge in [0.05, 0.1) is 10.3 Å². The van der Waals surface area contributed by atoms with Crippen LogP contribution < -0.4 is 0 Å². The van der Waals surface area contributed by atoms with Crippen LogP contribution in [0.15, 0.2) is 22.6 Å². The van der Waals surface area contributed by atoms with Crippen LogP contribution in [0.1, 0.15) is 13.8 Å². The van der Waals surface area contributed by atoms with Crippen LogP contribution in [0.5, 0.6) is 0 Å². The Morgan fingerprint density at radius 1 is 1.59 bits per heavy atom. The Morgan fingerprint density at radius 2 is 2.12 bits per heavy atom. The molecule has 0 aromatic heterocycles. The lowest BCUT2D eigenvalue weighted by Gasteiger charge is -2.35. The van der Waals surface area contributed by atoms with Gasteiger partial charge in [0, 0.05) is 11.6 Å². The fourth-order valence-corrected chi connectivity index (χ4v) is 4.06. The van der Waals surface area contributed by atoms with Crippen LogP contribution in [0.3, 0.4) is 0 Å². The highest BCUT2D eigenvalue weighted by Gasteiger charge is 2.45. The highest BCUT2D eigenvalue weighted by atomic mass is 79.9. The molecule has 0 heterocycles. The molecule has 17 heavy (non-hydrogen) atoms. The fraction of sp³-hybridized carbons (Fsp3) is 0.545. The molecule has 0 radical (unpaired) electrons. The minimum Gasteiger partial charge on any atom is -0.481 e. The molecule has 0 aromatic rings. The first kappa shape index (κ1) is 14.4. The van der Waals surface area contributed by atoms with Gasteiger partial charge in [-0.3, -0.25) is 4.79 Å². The van der Waals surface area contributed by atoms with Gasteiger partial charge < -0.3 is 5.11 Å². The topological polar surface area (TPSA) is 71.4 Å². The quantitative estimate of drug-likeness (QED) is 0.806. The maximum atomic E-state index is 11.6. The molecule has 0 bridgehead atoms. The molecule has 6 heteroatoms. The second-order valence-corrected chi connectivity index (χ2v) is 6.95. The Kier molecular flexibility index (Phi) is 3.88. The lowest BCUT2D eigenvalue weighted by atomic mass is 9.70. The first-order chi connectivity index (χ1) is 7.65. The summed E-state index contributed by atoms with van der Waals surface area (Å²) in [5.41, 5.74) is -0.779. The third kappa shape index (κ3) is 2.33. The van der Waals surface area contributed by atoms with Crippen molar-refractivity contribution in [3.8, 4) is 0 Å². The number of halogens is 1. The Bertz CT molecular complexity index is 504. The van der Waals surface area contributed by atoms with Gasteiger partial charge in [-0.15, -0.1) is 0 Å². The van der Waals surface area contributed by atoms with Crippen LogP contribution in [0.4, 0.5) is 0 Å². The van der Waals surface area contributed by atoms with Gasteiger partial charge in [-0.25, -0.2) is 8.42 Å². The summed E-state index contributed by atoms with van der Waals surface area (Å²) in [6.45, 7) is 3.33. The van der Waals surface area contributed by atoms with Gasteiger partial charge in [0.25, 0.3) is 0 Å². The minimum absolute atomic E-state index is 0.109. The third-order valence-corrected chi connectivity index (χ3v) is 5.09. The molecule has 1 rings (SSSR count). The zero-order chi connectivity index (χ0) is 13.4. The second kappa shape index (κ2) is 4.57. The van der Waals surface area contributed by atoms with Gasteiger partial charge in [0.1, 0.15) is 0 Å². The van der Waals surface area contributed by atoms with E-state index in [0.29, 0.717) is 5.57 Å².